The van der Waals surface area contributed by atoms with Crippen molar-refractivity contribution in [2.45, 2.75) is 20.3 Å². The van der Waals surface area contributed by atoms with Gasteiger partial charge in [-0.2, -0.15) is 4.98 Å². The Bertz CT molecular complexity index is 300. The number of hydrogen-bond acceptors (Lipinski definition) is 6. The van der Waals surface area contributed by atoms with Gasteiger partial charge in [-0.25, -0.2) is 0 Å². The minimum absolute atomic E-state index is 0.134. The number of esters is 1. The summed E-state index contributed by atoms with van der Waals surface area (Å²) in [6, 6.07) is 0. The van der Waals surface area contributed by atoms with Crippen molar-refractivity contribution in [2.75, 3.05) is 19.7 Å². The number of nitrogens with zero attached hydrogens (tertiary/aromatic N) is 2. The molecule has 16 heavy (non-hydrogen) atoms. The van der Waals surface area contributed by atoms with Crippen LogP contribution in [0.3, 0.4) is 0 Å². The molecule has 0 bridgehead atoms. The molecule has 0 fully saturated rings. The molecule has 0 spiro atoms. The molecule has 1 aromatic heterocycles. The zero-order valence-corrected chi connectivity index (χ0v) is 9.60. The molecule has 6 heteroatoms. The Morgan fingerprint density at radius 3 is 3.12 bits per heavy atom. The van der Waals surface area contributed by atoms with Crippen LogP contribution in [0, 0.1) is 5.92 Å². The lowest BCUT2D eigenvalue weighted by atomic mass is 10.2. The summed E-state index contributed by atoms with van der Waals surface area (Å²) in [7, 11) is 0. The van der Waals surface area contributed by atoms with E-state index in [4.69, 9.17) is 4.74 Å². The predicted molar refractivity (Wildman–Crippen MR) is 56.7 cm³/mol. The Kier molecular flexibility index (Phi) is 5.49. The van der Waals surface area contributed by atoms with Crippen molar-refractivity contribution in [3.8, 4) is 0 Å². The summed E-state index contributed by atoms with van der Waals surface area (Å²) < 4.78 is 9.49. The van der Waals surface area contributed by atoms with Gasteiger partial charge in [-0.15, -0.1) is 0 Å². The molecule has 0 saturated carbocycles. The molecule has 1 aromatic rings. The van der Waals surface area contributed by atoms with Gasteiger partial charge in [-0.05, 0) is 6.92 Å². The summed E-state index contributed by atoms with van der Waals surface area (Å²) in [5, 5.41) is 6.82. The van der Waals surface area contributed by atoms with E-state index in [9.17, 15) is 4.79 Å². The van der Waals surface area contributed by atoms with Crippen molar-refractivity contribution < 1.29 is 14.1 Å². The molecule has 0 aliphatic heterocycles. The fourth-order valence-electron chi connectivity index (χ4n) is 1.19. The summed E-state index contributed by atoms with van der Waals surface area (Å²) in [6.07, 6.45) is 1.99. The summed E-state index contributed by atoms with van der Waals surface area (Å²) in [4.78, 5) is 15.2. The molecule has 0 aliphatic carbocycles. The second kappa shape index (κ2) is 6.95. The smallest absolute Gasteiger partial charge is 0.309 e. The maximum Gasteiger partial charge on any atom is 0.309 e. The van der Waals surface area contributed by atoms with Crippen LogP contribution in [0.1, 0.15) is 19.7 Å². The lowest BCUT2D eigenvalue weighted by Gasteiger charge is -2.10. The molecule has 1 unspecified atom stereocenters. The minimum atomic E-state index is -0.172. The monoisotopic (exact) mass is 227 g/mol. The van der Waals surface area contributed by atoms with E-state index < -0.39 is 0 Å². The molecule has 0 radical (unpaired) electrons. The number of nitrogens with one attached hydrogen (secondary N) is 1. The zero-order chi connectivity index (χ0) is 11.8. The van der Waals surface area contributed by atoms with Crippen molar-refractivity contribution in [1.29, 1.82) is 0 Å². The first-order chi connectivity index (χ1) is 7.74. The average molecular weight is 227 g/mol. The van der Waals surface area contributed by atoms with E-state index >= 15 is 0 Å². The second-order valence-electron chi connectivity index (χ2n) is 3.45. The molecular weight excluding hydrogens is 210 g/mol. The van der Waals surface area contributed by atoms with Crippen LogP contribution in [-0.2, 0) is 16.0 Å². The molecule has 1 atom stereocenters. The number of rotatable bonds is 7. The van der Waals surface area contributed by atoms with Gasteiger partial charge in [-0.3, -0.25) is 4.79 Å². The standard InChI is InChI=1S/C10H17N3O3/c1-3-15-10(14)8(2)6-11-5-4-9-12-7-16-13-9/h7-8,11H,3-6H2,1-2H3. The Labute approximate surface area is 94.4 Å². The molecular formula is C10H17N3O3. The third kappa shape index (κ3) is 4.39. The van der Waals surface area contributed by atoms with E-state index in [0.717, 1.165) is 0 Å². The van der Waals surface area contributed by atoms with Crippen LogP contribution in [0.5, 0.6) is 0 Å². The molecule has 1 rings (SSSR count). The van der Waals surface area contributed by atoms with E-state index in [1.54, 1.807) is 6.92 Å². The number of carbonyl (C=O) groups is 1. The molecule has 1 heterocycles. The van der Waals surface area contributed by atoms with E-state index in [1.807, 2.05) is 6.92 Å². The molecule has 0 aliphatic rings. The van der Waals surface area contributed by atoms with E-state index in [1.165, 1.54) is 6.39 Å². The fraction of sp³-hybridized carbons (Fsp3) is 0.700. The molecule has 0 aromatic carbocycles. The van der Waals surface area contributed by atoms with Gasteiger partial charge >= 0.3 is 5.97 Å². The van der Waals surface area contributed by atoms with Crippen LogP contribution in [0.4, 0.5) is 0 Å². The number of hydrogen-bond donors (Lipinski definition) is 1. The molecule has 6 nitrogen and oxygen atoms in total. The minimum Gasteiger partial charge on any atom is -0.466 e. The van der Waals surface area contributed by atoms with Crippen LogP contribution in [0.15, 0.2) is 10.9 Å². The van der Waals surface area contributed by atoms with Crippen LogP contribution in [0.25, 0.3) is 0 Å². The Balaban J connectivity index is 2.08. The van der Waals surface area contributed by atoms with Crippen LogP contribution in [-0.4, -0.2) is 35.8 Å². The SMILES string of the molecule is CCOC(=O)C(C)CNCCc1ncon1. The van der Waals surface area contributed by atoms with E-state index in [-0.39, 0.29) is 11.9 Å². The number of aromatic nitrogens is 2. The Morgan fingerprint density at radius 1 is 1.69 bits per heavy atom. The zero-order valence-electron chi connectivity index (χ0n) is 9.60. The quantitative estimate of drug-likeness (QED) is 0.536. The van der Waals surface area contributed by atoms with Gasteiger partial charge in [0.1, 0.15) is 0 Å². The molecule has 0 amide bonds. The Morgan fingerprint density at radius 2 is 2.50 bits per heavy atom. The topological polar surface area (TPSA) is 77.2 Å². The average Bonchev–Trinajstić information content (AvgIpc) is 2.77. The van der Waals surface area contributed by atoms with Gasteiger partial charge in [-0.1, -0.05) is 12.1 Å². The number of ether oxygens (including phenoxy) is 1. The van der Waals surface area contributed by atoms with Crippen molar-refractivity contribution in [3.05, 3.63) is 12.2 Å². The first-order valence-electron chi connectivity index (χ1n) is 5.36. The lowest BCUT2D eigenvalue weighted by Crippen LogP contribution is -2.29. The van der Waals surface area contributed by atoms with Crippen LogP contribution < -0.4 is 5.32 Å². The van der Waals surface area contributed by atoms with Gasteiger partial charge in [0.05, 0.1) is 12.5 Å². The van der Waals surface area contributed by atoms with Crippen molar-refractivity contribution in [1.82, 2.24) is 15.5 Å². The van der Waals surface area contributed by atoms with Gasteiger partial charge in [0, 0.05) is 19.5 Å². The van der Waals surface area contributed by atoms with Crippen LogP contribution in [0.2, 0.25) is 0 Å². The number of carbonyl (C=O) groups excluding carboxylic acids is 1. The molecule has 0 saturated heterocycles. The maximum absolute atomic E-state index is 11.3. The van der Waals surface area contributed by atoms with Gasteiger partial charge in [0.2, 0.25) is 6.39 Å². The highest BCUT2D eigenvalue weighted by atomic mass is 16.5. The second-order valence-corrected chi connectivity index (χ2v) is 3.45. The fourth-order valence-corrected chi connectivity index (χ4v) is 1.19. The van der Waals surface area contributed by atoms with Crippen LogP contribution >= 0.6 is 0 Å². The van der Waals surface area contributed by atoms with Crippen molar-refractivity contribution in [2.24, 2.45) is 5.92 Å². The highest BCUT2D eigenvalue weighted by Crippen LogP contribution is 1.96. The summed E-state index contributed by atoms with van der Waals surface area (Å²) in [5.41, 5.74) is 0. The van der Waals surface area contributed by atoms with Gasteiger partial charge in [0.25, 0.3) is 0 Å². The summed E-state index contributed by atoms with van der Waals surface area (Å²) in [5.74, 6) is 0.357. The Hall–Kier alpha value is -1.43. The van der Waals surface area contributed by atoms with E-state index in [2.05, 4.69) is 20.0 Å². The largest absolute Gasteiger partial charge is 0.466 e. The summed E-state index contributed by atoms with van der Waals surface area (Å²) in [6.45, 7) is 5.36. The van der Waals surface area contributed by atoms with Crippen molar-refractivity contribution >= 4 is 5.97 Å². The normalized spacial score (nSPS) is 12.4. The van der Waals surface area contributed by atoms with Gasteiger partial charge < -0.3 is 14.6 Å². The third-order valence-corrected chi connectivity index (χ3v) is 2.07. The third-order valence-electron chi connectivity index (χ3n) is 2.07. The van der Waals surface area contributed by atoms with Crippen molar-refractivity contribution in [3.63, 3.8) is 0 Å². The predicted octanol–water partition coefficient (Wildman–Crippen LogP) is 0.401. The first kappa shape index (κ1) is 12.6. The highest BCUT2D eigenvalue weighted by molar-refractivity contribution is 5.72. The highest BCUT2D eigenvalue weighted by Gasteiger charge is 2.12. The first-order valence-corrected chi connectivity index (χ1v) is 5.36. The molecule has 1 N–H and O–H groups in total. The lowest BCUT2D eigenvalue weighted by molar-refractivity contribution is -0.147. The molecule has 90 valence electrons. The summed E-state index contributed by atoms with van der Waals surface area (Å²) >= 11 is 0. The van der Waals surface area contributed by atoms with Gasteiger partial charge in [0.15, 0.2) is 5.82 Å². The van der Waals surface area contributed by atoms with E-state index in [0.29, 0.717) is 31.9 Å². The maximum atomic E-state index is 11.3.